The number of thioether (sulfide) groups is 1. The maximum absolute atomic E-state index is 12.4. The van der Waals surface area contributed by atoms with Crippen molar-refractivity contribution in [3.63, 3.8) is 0 Å². The van der Waals surface area contributed by atoms with Gasteiger partial charge in [0.15, 0.2) is 4.34 Å². The van der Waals surface area contributed by atoms with Crippen LogP contribution in [0.15, 0.2) is 34.0 Å². The molecule has 0 fully saturated rings. The van der Waals surface area contributed by atoms with Gasteiger partial charge < -0.3 is 5.32 Å². The zero-order chi connectivity index (χ0) is 16.1. The number of anilines is 1. The van der Waals surface area contributed by atoms with Gasteiger partial charge in [-0.1, -0.05) is 43.8 Å². The minimum atomic E-state index is -0.171. The van der Waals surface area contributed by atoms with E-state index < -0.39 is 0 Å². The second-order valence-corrected chi connectivity index (χ2v) is 7.85. The Bertz CT molecular complexity index is 639. The standard InChI is InChI=1S/C17H22N2OS2/c1-5-11(2)14-8-6-7-9-15(14)19-16(20)13(4)22-17-18-12(3)10-21-17/h6-11,13H,5H2,1-4H3,(H,19,20)/t11-,13+/m1/s1. The first kappa shape index (κ1) is 17.0. The maximum Gasteiger partial charge on any atom is 0.237 e. The highest BCUT2D eigenvalue weighted by Gasteiger charge is 2.18. The molecule has 0 saturated carbocycles. The molecular weight excluding hydrogens is 312 g/mol. The molecule has 1 aromatic heterocycles. The highest BCUT2D eigenvalue weighted by Crippen LogP contribution is 2.29. The summed E-state index contributed by atoms with van der Waals surface area (Å²) in [5.74, 6) is 0.453. The van der Waals surface area contributed by atoms with E-state index in [1.165, 1.54) is 17.3 Å². The number of benzene rings is 1. The fourth-order valence-corrected chi connectivity index (χ4v) is 4.07. The highest BCUT2D eigenvalue weighted by molar-refractivity contribution is 8.02. The monoisotopic (exact) mass is 334 g/mol. The molecule has 0 unspecified atom stereocenters. The summed E-state index contributed by atoms with van der Waals surface area (Å²) in [7, 11) is 0. The van der Waals surface area contributed by atoms with Gasteiger partial charge in [0.1, 0.15) is 0 Å². The zero-order valence-corrected chi connectivity index (χ0v) is 15.1. The lowest BCUT2D eigenvalue weighted by atomic mass is 9.97. The molecule has 22 heavy (non-hydrogen) atoms. The first-order valence-corrected chi connectivity index (χ1v) is 9.25. The Kier molecular flexibility index (Phi) is 6.03. The number of aryl methyl sites for hydroxylation is 1. The van der Waals surface area contributed by atoms with E-state index in [-0.39, 0.29) is 11.2 Å². The molecule has 2 rings (SSSR count). The summed E-state index contributed by atoms with van der Waals surface area (Å²) >= 11 is 3.09. The summed E-state index contributed by atoms with van der Waals surface area (Å²) in [6.07, 6.45) is 1.05. The number of thiazole rings is 1. The molecule has 0 radical (unpaired) electrons. The van der Waals surface area contributed by atoms with Gasteiger partial charge in [0.25, 0.3) is 0 Å². The molecule has 1 amide bonds. The number of rotatable bonds is 6. The van der Waals surface area contributed by atoms with Gasteiger partial charge in [-0.3, -0.25) is 4.79 Å². The Morgan fingerprint density at radius 1 is 1.36 bits per heavy atom. The van der Waals surface area contributed by atoms with Crippen LogP contribution in [0.3, 0.4) is 0 Å². The molecular formula is C17H22N2OS2. The fourth-order valence-electron chi connectivity index (χ4n) is 2.09. The number of hydrogen-bond acceptors (Lipinski definition) is 4. The first-order valence-electron chi connectivity index (χ1n) is 7.49. The van der Waals surface area contributed by atoms with Gasteiger partial charge >= 0.3 is 0 Å². The largest absolute Gasteiger partial charge is 0.325 e. The first-order chi connectivity index (χ1) is 10.5. The highest BCUT2D eigenvalue weighted by atomic mass is 32.2. The third kappa shape index (κ3) is 4.34. The van der Waals surface area contributed by atoms with Crippen molar-refractivity contribution in [1.29, 1.82) is 0 Å². The average Bonchev–Trinajstić information content (AvgIpc) is 2.92. The molecule has 1 aromatic carbocycles. The summed E-state index contributed by atoms with van der Waals surface area (Å²) in [6.45, 7) is 8.23. The van der Waals surface area contributed by atoms with Crippen LogP contribution in [0, 0.1) is 6.92 Å². The van der Waals surface area contributed by atoms with E-state index >= 15 is 0 Å². The van der Waals surface area contributed by atoms with Gasteiger partial charge in [-0.25, -0.2) is 4.98 Å². The van der Waals surface area contributed by atoms with Crippen LogP contribution < -0.4 is 5.32 Å². The molecule has 0 spiro atoms. The Hall–Kier alpha value is -1.33. The van der Waals surface area contributed by atoms with Gasteiger partial charge in [0.05, 0.1) is 5.25 Å². The topological polar surface area (TPSA) is 42.0 Å². The quantitative estimate of drug-likeness (QED) is 0.749. The van der Waals surface area contributed by atoms with E-state index in [0.717, 1.165) is 22.1 Å². The van der Waals surface area contributed by atoms with Crippen molar-refractivity contribution < 1.29 is 4.79 Å². The van der Waals surface area contributed by atoms with Crippen LogP contribution in [0.25, 0.3) is 0 Å². The average molecular weight is 335 g/mol. The van der Waals surface area contributed by atoms with Gasteiger partial charge in [0.2, 0.25) is 5.91 Å². The zero-order valence-electron chi connectivity index (χ0n) is 13.4. The van der Waals surface area contributed by atoms with Crippen molar-refractivity contribution in [2.45, 2.75) is 49.6 Å². The predicted octanol–water partition coefficient (Wildman–Crippen LogP) is 5.08. The van der Waals surface area contributed by atoms with Gasteiger partial charge in [-0.15, -0.1) is 11.3 Å². The van der Waals surface area contributed by atoms with E-state index in [2.05, 4.69) is 30.2 Å². The van der Waals surface area contributed by atoms with Crippen LogP contribution in [0.4, 0.5) is 5.69 Å². The second kappa shape index (κ2) is 7.79. The van der Waals surface area contributed by atoms with Gasteiger partial charge in [-0.2, -0.15) is 0 Å². The van der Waals surface area contributed by atoms with Crippen LogP contribution in [0.2, 0.25) is 0 Å². The Balaban J connectivity index is 2.05. The summed E-state index contributed by atoms with van der Waals surface area (Å²) < 4.78 is 0.940. The van der Waals surface area contributed by atoms with Crippen LogP contribution in [0.1, 0.15) is 44.4 Å². The number of hydrogen-bond donors (Lipinski definition) is 1. The van der Waals surface area contributed by atoms with Crippen molar-refractivity contribution in [2.75, 3.05) is 5.32 Å². The number of para-hydroxylation sites is 1. The third-order valence-corrected chi connectivity index (χ3v) is 5.80. The van der Waals surface area contributed by atoms with Crippen molar-refractivity contribution in [3.8, 4) is 0 Å². The Labute approximate surface area is 140 Å². The van der Waals surface area contributed by atoms with Crippen molar-refractivity contribution >= 4 is 34.7 Å². The molecule has 1 heterocycles. The molecule has 0 bridgehead atoms. The number of nitrogens with one attached hydrogen (secondary N) is 1. The molecule has 0 aliphatic rings. The summed E-state index contributed by atoms with van der Waals surface area (Å²) in [5, 5.41) is 4.90. The van der Waals surface area contributed by atoms with E-state index in [1.54, 1.807) is 11.3 Å². The van der Waals surface area contributed by atoms with E-state index in [0.29, 0.717) is 5.92 Å². The molecule has 0 aliphatic heterocycles. The molecule has 118 valence electrons. The van der Waals surface area contributed by atoms with Crippen LogP contribution in [0.5, 0.6) is 0 Å². The lowest BCUT2D eigenvalue weighted by molar-refractivity contribution is -0.115. The normalized spacial score (nSPS) is 13.6. The summed E-state index contributed by atoms with van der Waals surface area (Å²) in [5.41, 5.74) is 3.12. The van der Waals surface area contributed by atoms with Gasteiger partial charge in [-0.05, 0) is 37.8 Å². The van der Waals surface area contributed by atoms with Crippen molar-refractivity contribution in [1.82, 2.24) is 4.98 Å². The van der Waals surface area contributed by atoms with Gasteiger partial charge in [0, 0.05) is 16.8 Å². The number of amides is 1. The lowest BCUT2D eigenvalue weighted by Crippen LogP contribution is -2.23. The second-order valence-electron chi connectivity index (χ2n) is 5.40. The summed E-state index contributed by atoms with van der Waals surface area (Å²) in [4.78, 5) is 16.8. The number of carbonyl (C=O) groups excluding carboxylic acids is 1. The van der Waals surface area contributed by atoms with E-state index in [9.17, 15) is 4.79 Å². The lowest BCUT2D eigenvalue weighted by Gasteiger charge is -2.17. The van der Waals surface area contributed by atoms with Crippen LogP contribution in [-0.2, 0) is 4.79 Å². The summed E-state index contributed by atoms with van der Waals surface area (Å²) in [6, 6.07) is 8.05. The van der Waals surface area contributed by atoms with Crippen LogP contribution >= 0.6 is 23.1 Å². The van der Waals surface area contributed by atoms with Crippen molar-refractivity contribution in [2.24, 2.45) is 0 Å². The smallest absolute Gasteiger partial charge is 0.237 e. The van der Waals surface area contributed by atoms with Crippen molar-refractivity contribution in [3.05, 3.63) is 40.9 Å². The van der Waals surface area contributed by atoms with E-state index in [4.69, 9.17) is 0 Å². The third-order valence-electron chi connectivity index (χ3n) is 3.61. The molecule has 0 aliphatic carbocycles. The molecule has 3 nitrogen and oxygen atoms in total. The predicted molar refractivity (Wildman–Crippen MR) is 95.9 cm³/mol. The Morgan fingerprint density at radius 2 is 2.09 bits per heavy atom. The Morgan fingerprint density at radius 3 is 2.73 bits per heavy atom. The maximum atomic E-state index is 12.4. The molecule has 2 aromatic rings. The number of carbonyl (C=O) groups is 1. The fraction of sp³-hybridized carbons (Fsp3) is 0.412. The number of aromatic nitrogens is 1. The molecule has 5 heteroatoms. The molecule has 1 N–H and O–H groups in total. The van der Waals surface area contributed by atoms with E-state index in [1.807, 2.05) is 37.4 Å². The SMILES string of the molecule is CC[C@@H](C)c1ccccc1NC(=O)[C@H](C)Sc1nc(C)cs1. The molecule has 0 saturated heterocycles. The van der Waals surface area contributed by atoms with Crippen LogP contribution in [-0.4, -0.2) is 16.1 Å². The molecule has 2 atom stereocenters. The minimum absolute atomic E-state index is 0.0219. The minimum Gasteiger partial charge on any atom is -0.325 e. The number of nitrogens with zero attached hydrogens (tertiary/aromatic N) is 1.